The van der Waals surface area contributed by atoms with E-state index in [1.54, 1.807) is 17.5 Å². The Morgan fingerprint density at radius 2 is 1.86 bits per heavy atom. The number of carbonyl (C=O) groups excluding carboxylic acids is 1. The molecule has 0 spiro atoms. The molecule has 2 heterocycles. The summed E-state index contributed by atoms with van der Waals surface area (Å²) in [7, 11) is -3.72. The van der Waals surface area contributed by atoms with Gasteiger partial charge in [0, 0.05) is 12.6 Å². The van der Waals surface area contributed by atoms with Crippen LogP contribution in [0, 0.1) is 5.92 Å². The van der Waals surface area contributed by atoms with Crippen molar-refractivity contribution in [2.75, 3.05) is 0 Å². The Hall–Kier alpha value is -1.70. The molecule has 1 aliphatic heterocycles. The van der Waals surface area contributed by atoms with Crippen LogP contribution in [0.15, 0.2) is 46.0 Å². The fourth-order valence-electron chi connectivity index (χ4n) is 4.31. The Morgan fingerprint density at radius 1 is 1.11 bits per heavy atom. The number of hydrogen-bond donors (Lipinski definition) is 1. The minimum absolute atomic E-state index is 0.129. The van der Waals surface area contributed by atoms with E-state index >= 15 is 0 Å². The molecule has 0 unspecified atom stereocenters. The van der Waals surface area contributed by atoms with Crippen LogP contribution in [0.3, 0.4) is 0 Å². The number of carbonyl (C=O) groups is 1. The Morgan fingerprint density at radius 3 is 2.57 bits per heavy atom. The quantitative estimate of drug-likeness (QED) is 0.826. The van der Waals surface area contributed by atoms with Gasteiger partial charge in [0.2, 0.25) is 5.91 Å². The number of thiophene rings is 1. The number of fused-ring (bicyclic) bond motifs is 1. The summed E-state index contributed by atoms with van der Waals surface area (Å²) in [6, 6.07) is 10.6. The van der Waals surface area contributed by atoms with Crippen LogP contribution in [-0.2, 0) is 27.8 Å². The van der Waals surface area contributed by atoms with Gasteiger partial charge in [-0.2, -0.15) is 4.31 Å². The molecule has 0 saturated heterocycles. The summed E-state index contributed by atoms with van der Waals surface area (Å²) in [4.78, 5) is 13.2. The zero-order valence-electron chi connectivity index (χ0n) is 16.0. The van der Waals surface area contributed by atoms with E-state index in [9.17, 15) is 13.2 Å². The van der Waals surface area contributed by atoms with E-state index in [-0.39, 0.29) is 22.7 Å². The first kappa shape index (κ1) is 19.6. The van der Waals surface area contributed by atoms with Gasteiger partial charge in [0.05, 0.1) is 0 Å². The maximum absolute atomic E-state index is 13.3. The highest BCUT2D eigenvalue weighted by Gasteiger charge is 2.40. The van der Waals surface area contributed by atoms with Gasteiger partial charge in [-0.3, -0.25) is 4.79 Å². The zero-order valence-corrected chi connectivity index (χ0v) is 17.6. The van der Waals surface area contributed by atoms with Crippen LogP contribution in [-0.4, -0.2) is 30.7 Å². The lowest BCUT2D eigenvalue weighted by atomic mass is 9.85. The molecule has 0 radical (unpaired) electrons. The van der Waals surface area contributed by atoms with Crippen molar-refractivity contribution in [3.05, 3.63) is 52.9 Å². The lowest BCUT2D eigenvalue weighted by Crippen LogP contribution is -2.55. The molecular formula is C21H26N2O3S2. The summed E-state index contributed by atoms with van der Waals surface area (Å²) < 4.78 is 28.3. The average Bonchev–Trinajstić information content (AvgIpc) is 3.24. The molecule has 1 aromatic carbocycles. The van der Waals surface area contributed by atoms with Crippen molar-refractivity contribution >= 4 is 27.3 Å². The number of rotatable bonds is 4. The van der Waals surface area contributed by atoms with Gasteiger partial charge in [0.25, 0.3) is 10.0 Å². The summed E-state index contributed by atoms with van der Waals surface area (Å²) in [5.74, 6) is 0.254. The molecule has 4 rings (SSSR count). The van der Waals surface area contributed by atoms with Crippen molar-refractivity contribution in [2.45, 2.75) is 61.9 Å². The molecule has 1 aromatic heterocycles. The molecule has 3 atom stereocenters. The maximum Gasteiger partial charge on any atom is 0.253 e. The molecule has 2 aromatic rings. The average molecular weight is 419 g/mol. The number of hydrogen-bond acceptors (Lipinski definition) is 4. The van der Waals surface area contributed by atoms with Gasteiger partial charge < -0.3 is 5.32 Å². The van der Waals surface area contributed by atoms with Crippen molar-refractivity contribution in [1.29, 1.82) is 0 Å². The zero-order chi connectivity index (χ0) is 19.7. The molecule has 2 aliphatic rings. The van der Waals surface area contributed by atoms with E-state index in [0.29, 0.717) is 12.3 Å². The van der Waals surface area contributed by atoms with Crippen LogP contribution in [0.5, 0.6) is 0 Å². The normalized spacial score (nSPS) is 25.8. The number of benzene rings is 1. The molecule has 7 heteroatoms. The lowest BCUT2D eigenvalue weighted by Gasteiger charge is -2.37. The topological polar surface area (TPSA) is 66.5 Å². The second-order valence-electron chi connectivity index (χ2n) is 7.85. The van der Waals surface area contributed by atoms with Crippen LogP contribution in [0.2, 0.25) is 0 Å². The molecular weight excluding hydrogens is 392 g/mol. The first-order chi connectivity index (χ1) is 13.5. The van der Waals surface area contributed by atoms with Crippen molar-refractivity contribution < 1.29 is 13.2 Å². The van der Waals surface area contributed by atoms with Gasteiger partial charge >= 0.3 is 0 Å². The number of nitrogens with zero attached hydrogens (tertiary/aromatic N) is 1. The molecule has 1 N–H and O–H groups in total. The molecule has 1 aliphatic carbocycles. The standard InChI is InChI=1S/C21H26N2O3S2/c1-15-7-2-5-10-18(15)22-21(24)19-13-16-8-3-4-9-17(16)14-23(19)28(25,26)20-11-6-12-27-20/h3-4,6,8-9,11-12,15,18-19H,2,5,7,10,13-14H2,1H3,(H,22,24)/t15-,18+,19-/m0/s1. The predicted molar refractivity (Wildman–Crippen MR) is 111 cm³/mol. The molecule has 5 nitrogen and oxygen atoms in total. The third kappa shape index (κ3) is 3.75. The van der Waals surface area contributed by atoms with Crippen molar-refractivity contribution in [1.82, 2.24) is 9.62 Å². The minimum Gasteiger partial charge on any atom is -0.352 e. The van der Waals surface area contributed by atoms with Gasteiger partial charge in [-0.05, 0) is 47.8 Å². The van der Waals surface area contributed by atoms with Gasteiger partial charge in [0.15, 0.2) is 0 Å². The van der Waals surface area contributed by atoms with Gasteiger partial charge in [0.1, 0.15) is 10.3 Å². The summed E-state index contributed by atoms with van der Waals surface area (Å²) in [6.45, 7) is 2.40. The van der Waals surface area contributed by atoms with Crippen molar-refractivity contribution in [3.8, 4) is 0 Å². The smallest absolute Gasteiger partial charge is 0.253 e. The van der Waals surface area contributed by atoms with Crippen molar-refractivity contribution in [3.63, 3.8) is 0 Å². The second kappa shape index (κ2) is 7.97. The van der Waals surface area contributed by atoms with Crippen molar-refractivity contribution in [2.24, 2.45) is 5.92 Å². The number of sulfonamides is 1. The highest BCUT2D eigenvalue weighted by atomic mass is 32.2. The first-order valence-corrected chi connectivity index (χ1v) is 12.2. The highest BCUT2D eigenvalue weighted by molar-refractivity contribution is 7.91. The third-order valence-electron chi connectivity index (χ3n) is 6.01. The number of amides is 1. The van der Waals surface area contributed by atoms with E-state index in [2.05, 4.69) is 12.2 Å². The Kier molecular flexibility index (Phi) is 5.58. The van der Waals surface area contributed by atoms with E-state index in [1.807, 2.05) is 24.3 Å². The molecule has 0 bridgehead atoms. The fraction of sp³-hybridized carbons (Fsp3) is 0.476. The van der Waals surface area contributed by atoms with Crippen LogP contribution >= 0.6 is 11.3 Å². The third-order valence-corrected chi connectivity index (χ3v) is 9.23. The molecule has 1 saturated carbocycles. The Balaban J connectivity index is 1.65. The maximum atomic E-state index is 13.3. The predicted octanol–water partition coefficient (Wildman–Crippen LogP) is 3.56. The van der Waals surface area contributed by atoms with Gasteiger partial charge in [-0.1, -0.05) is 50.1 Å². The summed E-state index contributed by atoms with van der Waals surface area (Å²) in [6.07, 6.45) is 4.79. The second-order valence-corrected chi connectivity index (χ2v) is 10.9. The van der Waals surface area contributed by atoms with Gasteiger partial charge in [-0.15, -0.1) is 11.3 Å². The fourth-order valence-corrected chi connectivity index (χ4v) is 7.00. The Bertz CT molecular complexity index is 940. The molecule has 28 heavy (non-hydrogen) atoms. The number of nitrogens with one attached hydrogen (secondary N) is 1. The lowest BCUT2D eigenvalue weighted by molar-refractivity contribution is -0.126. The minimum atomic E-state index is -3.72. The monoisotopic (exact) mass is 418 g/mol. The van der Waals surface area contributed by atoms with E-state index in [0.717, 1.165) is 30.4 Å². The molecule has 1 fully saturated rings. The van der Waals surface area contributed by atoms with E-state index in [1.165, 1.54) is 22.1 Å². The first-order valence-electron chi connectivity index (χ1n) is 9.89. The van der Waals surface area contributed by atoms with Crippen LogP contribution in [0.1, 0.15) is 43.7 Å². The van der Waals surface area contributed by atoms with Crippen LogP contribution in [0.25, 0.3) is 0 Å². The molecule has 150 valence electrons. The Labute approximate surface area is 170 Å². The van der Waals surface area contributed by atoms with Crippen LogP contribution in [0.4, 0.5) is 0 Å². The largest absolute Gasteiger partial charge is 0.352 e. The SMILES string of the molecule is C[C@H]1CCCC[C@H]1NC(=O)[C@@H]1Cc2ccccc2CN1S(=O)(=O)c1cccs1. The van der Waals surface area contributed by atoms with Crippen LogP contribution < -0.4 is 5.32 Å². The molecule has 1 amide bonds. The highest BCUT2D eigenvalue weighted by Crippen LogP contribution is 2.31. The van der Waals surface area contributed by atoms with Gasteiger partial charge in [-0.25, -0.2) is 8.42 Å². The summed E-state index contributed by atoms with van der Waals surface area (Å²) in [5, 5.41) is 4.93. The summed E-state index contributed by atoms with van der Waals surface area (Å²) in [5.41, 5.74) is 2.02. The van der Waals surface area contributed by atoms with E-state index < -0.39 is 16.1 Å². The van der Waals surface area contributed by atoms with E-state index in [4.69, 9.17) is 0 Å². The summed E-state index contributed by atoms with van der Waals surface area (Å²) >= 11 is 1.19.